The molecule has 0 aliphatic rings. The molecule has 0 bridgehead atoms. The molecular weight excluding hydrogens is 568 g/mol. The van der Waals surface area contributed by atoms with Crippen LogP contribution in [0.4, 0.5) is 11.4 Å². The number of nitrogens with one attached hydrogen (secondary N) is 1. The largest absolute Gasteiger partial charge is 0.494 e. The van der Waals surface area contributed by atoms with Gasteiger partial charge in [-0.15, -0.1) is 14.6 Å². The van der Waals surface area contributed by atoms with Gasteiger partial charge in [-0.25, -0.2) is 18.4 Å². The maximum absolute atomic E-state index is 12.9. The van der Waals surface area contributed by atoms with E-state index in [1.807, 2.05) is 0 Å². The Hall–Kier alpha value is -3.10. The molecule has 0 spiro atoms. The van der Waals surface area contributed by atoms with Crippen LogP contribution in [0.15, 0.2) is 61.2 Å². The molecular formula is C20H22N4O11S3. The molecule has 3 rings (SSSR count). The van der Waals surface area contributed by atoms with E-state index in [0.29, 0.717) is 11.3 Å². The van der Waals surface area contributed by atoms with Crippen LogP contribution < -0.4 is 10.3 Å². The molecule has 2 aromatic carbocycles. The van der Waals surface area contributed by atoms with Crippen LogP contribution in [0.25, 0.3) is 5.69 Å². The Morgan fingerprint density at radius 1 is 1.08 bits per heavy atom. The molecule has 206 valence electrons. The van der Waals surface area contributed by atoms with Gasteiger partial charge in [0.15, 0.2) is 27.8 Å². The maximum Gasteiger partial charge on any atom is 0.299 e. The highest BCUT2D eigenvalue weighted by Crippen LogP contribution is 2.34. The molecule has 0 saturated heterocycles. The minimum Gasteiger partial charge on any atom is -0.494 e. The first-order chi connectivity index (χ1) is 17.9. The molecule has 15 nitrogen and oxygen atoms in total. The van der Waals surface area contributed by atoms with E-state index in [0.717, 1.165) is 16.8 Å². The van der Waals surface area contributed by atoms with Crippen molar-refractivity contribution in [2.75, 3.05) is 19.5 Å². The van der Waals surface area contributed by atoms with Gasteiger partial charge in [0, 0.05) is 6.07 Å². The second-order valence-corrected chi connectivity index (χ2v) is 11.5. The van der Waals surface area contributed by atoms with Crippen molar-refractivity contribution in [3.63, 3.8) is 0 Å². The number of sulfone groups is 1. The molecule has 3 aromatic rings. The third-order valence-corrected chi connectivity index (χ3v) is 8.11. The summed E-state index contributed by atoms with van der Waals surface area (Å²) in [5.41, 5.74) is 0.490. The quantitative estimate of drug-likeness (QED) is 0.0693. The van der Waals surface area contributed by atoms with Gasteiger partial charge in [-0.1, -0.05) is 5.04 Å². The zero-order chi connectivity index (χ0) is 28.1. The van der Waals surface area contributed by atoms with Crippen LogP contribution >= 0.6 is 12.3 Å². The van der Waals surface area contributed by atoms with Crippen molar-refractivity contribution in [3.05, 3.63) is 58.0 Å². The average Bonchev–Trinajstić information content (AvgIpc) is 3.14. The summed E-state index contributed by atoms with van der Waals surface area (Å²) in [6.07, 6.45) is 0. The van der Waals surface area contributed by atoms with Crippen LogP contribution in [0.2, 0.25) is 0 Å². The molecule has 3 N–H and O–H groups in total. The number of rotatable bonds is 12. The van der Waals surface area contributed by atoms with Crippen molar-refractivity contribution >= 4 is 43.7 Å². The number of aromatic nitrogens is 2. The van der Waals surface area contributed by atoms with E-state index < -0.39 is 31.3 Å². The predicted octanol–water partition coefficient (Wildman–Crippen LogP) is 3.23. The first-order valence-electron chi connectivity index (χ1n) is 10.4. The normalized spacial score (nSPS) is 12.3. The summed E-state index contributed by atoms with van der Waals surface area (Å²) in [6, 6.07) is 7.63. The lowest BCUT2D eigenvalue weighted by Gasteiger charge is -2.11. The smallest absolute Gasteiger partial charge is 0.299 e. The number of benzene rings is 2. The lowest BCUT2D eigenvalue weighted by atomic mass is 10.2. The van der Waals surface area contributed by atoms with Crippen LogP contribution in [0, 0.1) is 13.8 Å². The lowest BCUT2D eigenvalue weighted by Crippen LogP contribution is -2.14. The monoisotopic (exact) mass is 590 g/mol. The first kappa shape index (κ1) is 29.5. The van der Waals surface area contributed by atoms with Crippen molar-refractivity contribution in [2.24, 2.45) is 10.2 Å². The molecule has 0 aliphatic carbocycles. The van der Waals surface area contributed by atoms with Gasteiger partial charge >= 0.3 is 0 Å². The Balaban J connectivity index is 1.88. The average molecular weight is 591 g/mol. The number of aryl methyl sites for hydroxylation is 2. The summed E-state index contributed by atoms with van der Waals surface area (Å²) in [6.45, 7) is 2.86. The van der Waals surface area contributed by atoms with Crippen LogP contribution in [0.5, 0.6) is 5.75 Å². The number of ether oxygens (including phenoxy) is 1. The summed E-state index contributed by atoms with van der Waals surface area (Å²) in [7, 11) is -6.88. The summed E-state index contributed by atoms with van der Waals surface area (Å²) in [5.74, 6) is -0.327. The van der Waals surface area contributed by atoms with Crippen LogP contribution in [0.3, 0.4) is 0 Å². The third kappa shape index (κ3) is 6.85. The number of aromatic amines is 1. The minimum atomic E-state index is -4.39. The maximum atomic E-state index is 12.9. The SMILES string of the molecule is COc1cc(S(=O)(=O)CCOSOOO)c(C)cc1N=Nc1c(C)[nH]n(-c2ccc(S(=O)(=O)O)cc2)c1=O. The summed E-state index contributed by atoms with van der Waals surface area (Å²) < 4.78 is 72.3. The number of nitrogens with zero attached hydrogens (tertiary/aromatic N) is 3. The van der Waals surface area contributed by atoms with Gasteiger partial charge in [-0.05, 0) is 49.7 Å². The standard InChI is InChI=1S/C20H22N4O11S3/c1-12-10-16(17(32-3)11-18(12)37(27,28)9-8-33-36-35-34-26)21-22-19-13(2)23-24(20(19)25)14-4-6-15(7-5-14)38(29,30)31/h4-7,10-11,23,26H,8-9H2,1-3H3,(H,29,30,31). The fourth-order valence-electron chi connectivity index (χ4n) is 3.26. The molecule has 0 atom stereocenters. The Bertz CT molecular complexity index is 1600. The van der Waals surface area contributed by atoms with Gasteiger partial charge < -0.3 is 4.74 Å². The van der Waals surface area contributed by atoms with Gasteiger partial charge in [0.05, 0.1) is 40.6 Å². The third-order valence-electron chi connectivity index (χ3n) is 5.04. The molecule has 1 aromatic heterocycles. The van der Waals surface area contributed by atoms with Gasteiger partial charge in [0.25, 0.3) is 15.7 Å². The second-order valence-electron chi connectivity index (χ2n) is 7.54. The summed E-state index contributed by atoms with van der Waals surface area (Å²) in [5, 5.41) is 22.3. The lowest BCUT2D eigenvalue weighted by molar-refractivity contribution is -0.434. The number of H-pyrrole nitrogens is 1. The molecule has 0 radical (unpaired) electrons. The Labute approximate surface area is 220 Å². The molecule has 1 heterocycles. The van der Waals surface area contributed by atoms with Crippen LogP contribution in [-0.4, -0.2) is 55.9 Å². The molecule has 0 fully saturated rings. The highest BCUT2D eigenvalue weighted by atomic mass is 32.2. The highest BCUT2D eigenvalue weighted by molar-refractivity contribution is 7.91. The van der Waals surface area contributed by atoms with E-state index in [-0.39, 0.29) is 51.5 Å². The van der Waals surface area contributed by atoms with Gasteiger partial charge in [-0.3, -0.25) is 18.6 Å². The van der Waals surface area contributed by atoms with Crippen LogP contribution in [0.1, 0.15) is 11.3 Å². The zero-order valence-corrected chi connectivity index (χ0v) is 22.5. The Kier molecular flexibility index (Phi) is 9.44. The van der Waals surface area contributed by atoms with Crippen molar-refractivity contribution in [1.82, 2.24) is 9.78 Å². The molecule has 0 aliphatic heterocycles. The molecule has 18 heteroatoms. The van der Waals surface area contributed by atoms with E-state index in [9.17, 15) is 21.6 Å². The fourth-order valence-corrected chi connectivity index (χ4v) is 5.42. The van der Waals surface area contributed by atoms with E-state index >= 15 is 0 Å². The molecule has 0 saturated carbocycles. The second kappa shape index (κ2) is 12.2. The first-order valence-corrected chi connectivity index (χ1v) is 14.1. The minimum absolute atomic E-state index is 0.0326. The molecule has 0 unspecified atom stereocenters. The van der Waals surface area contributed by atoms with E-state index in [4.69, 9.17) is 18.7 Å². The highest BCUT2D eigenvalue weighted by Gasteiger charge is 2.21. The Morgan fingerprint density at radius 2 is 1.76 bits per heavy atom. The van der Waals surface area contributed by atoms with Gasteiger partial charge in [0.2, 0.25) is 0 Å². The fraction of sp³-hybridized carbons (Fsp3) is 0.250. The van der Waals surface area contributed by atoms with E-state index in [1.165, 1.54) is 31.4 Å². The summed E-state index contributed by atoms with van der Waals surface area (Å²) in [4.78, 5) is 12.6. The predicted molar refractivity (Wildman–Crippen MR) is 133 cm³/mol. The van der Waals surface area contributed by atoms with E-state index in [1.54, 1.807) is 13.8 Å². The van der Waals surface area contributed by atoms with Crippen molar-refractivity contribution in [2.45, 2.75) is 23.6 Å². The summed E-state index contributed by atoms with van der Waals surface area (Å²) >= 11 is 0.259. The van der Waals surface area contributed by atoms with Gasteiger partial charge in [-0.2, -0.15) is 8.42 Å². The number of methoxy groups -OCH3 is 1. The van der Waals surface area contributed by atoms with Crippen molar-refractivity contribution in [3.8, 4) is 11.4 Å². The number of hydrogen-bond donors (Lipinski definition) is 3. The topological polar surface area (TPSA) is 208 Å². The van der Waals surface area contributed by atoms with Gasteiger partial charge in [0.1, 0.15) is 11.4 Å². The van der Waals surface area contributed by atoms with Crippen molar-refractivity contribution < 1.29 is 44.9 Å². The number of azo groups is 1. The number of hydrogen-bond acceptors (Lipinski definition) is 13. The zero-order valence-electron chi connectivity index (χ0n) is 20.0. The van der Waals surface area contributed by atoms with Crippen LogP contribution in [-0.2, 0) is 33.5 Å². The van der Waals surface area contributed by atoms with Crippen molar-refractivity contribution in [1.29, 1.82) is 0 Å². The molecule has 38 heavy (non-hydrogen) atoms. The van der Waals surface area contributed by atoms with E-state index in [2.05, 4.69) is 24.7 Å². The molecule has 0 amide bonds. The Morgan fingerprint density at radius 3 is 2.37 bits per heavy atom.